The van der Waals surface area contributed by atoms with Gasteiger partial charge in [0, 0.05) is 57.8 Å². The van der Waals surface area contributed by atoms with E-state index in [2.05, 4.69) is 20.2 Å². The molecule has 0 radical (unpaired) electrons. The maximum Gasteiger partial charge on any atom is 0.337 e. The highest BCUT2D eigenvalue weighted by atomic mass is 16.5. The summed E-state index contributed by atoms with van der Waals surface area (Å²) in [4.78, 5) is 37.4. The Morgan fingerprint density at radius 1 is 1.15 bits per heavy atom. The van der Waals surface area contributed by atoms with Crippen LogP contribution in [-0.2, 0) is 11.3 Å². The average Bonchev–Trinajstić information content (AvgIpc) is 3.46. The number of aromatic nitrogens is 2. The number of benzene rings is 1. The first-order chi connectivity index (χ1) is 19.0. The number of hydrogen-bond acceptors (Lipinski definition) is 10. The van der Waals surface area contributed by atoms with Crippen molar-refractivity contribution in [2.24, 2.45) is 0 Å². The summed E-state index contributed by atoms with van der Waals surface area (Å²) in [6.07, 6.45) is 4.10. The van der Waals surface area contributed by atoms with Gasteiger partial charge in [-0.1, -0.05) is 6.07 Å². The number of morpholine rings is 1. The molecule has 12 nitrogen and oxygen atoms in total. The molecule has 0 unspecified atom stereocenters. The summed E-state index contributed by atoms with van der Waals surface area (Å²) in [7, 11) is 0. The molecule has 0 aliphatic carbocycles. The summed E-state index contributed by atoms with van der Waals surface area (Å²) in [5, 5.41) is 21.3. The maximum atomic E-state index is 12.9. The summed E-state index contributed by atoms with van der Waals surface area (Å²) in [6.45, 7) is 4.70. The third-order valence-corrected chi connectivity index (χ3v) is 6.66. The van der Waals surface area contributed by atoms with Crippen molar-refractivity contribution in [3.63, 3.8) is 0 Å². The van der Waals surface area contributed by atoms with Crippen LogP contribution in [0.1, 0.15) is 44.8 Å². The van der Waals surface area contributed by atoms with Crippen LogP contribution in [-0.4, -0.2) is 77.3 Å². The van der Waals surface area contributed by atoms with Gasteiger partial charge in [-0.3, -0.25) is 9.69 Å². The zero-order valence-electron chi connectivity index (χ0n) is 21.2. The van der Waals surface area contributed by atoms with Crippen molar-refractivity contribution in [1.82, 2.24) is 14.9 Å². The quantitative estimate of drug-likeness (QED) is 0.440. The molecule has 2 fully saturated rings. The molecule has 2 aliphatic heterocycles. The number of hydrogen-bond donors (Lipinski definition) is 2. The van der Waals surface area contributed by atoms with Crippen LogP contribution in [0.5, 0.6) is 5.88 Å². The van der Waals surface area contributed by atoms with Crippen LogP contribution in [0.15, 0.2) is 47.2 Å². The number of carboxylic acids is 1. The molecule has 202 valence electrons. The van der Waals surface area contributed by atoms with Gasteiger partial charge in [-0.25, -0.2) is 9.78 Å². The second-order valence-electron chi connectivity index (χ2n) is 9.34. The van der Waals surface area contributed by atoms with Crippen molar-refractivity contribution < 1.29 is 28.6 Å². The Labute approximate surface area is 224 Å². The van der Waals surface area contributed by atoms with E-state index < -0.39 is 11.9 Å². The minimum absolute atomic E-state index is 0.0108. The van der Waals surface area contributed by atoms with Gasteiger partial charge >= 0.3 is 5.97 Å². The Balaban J connectivity index is 1.17. The standard InChI is InChI=1S/C27H28N6O6/c28-14-19-2-4-24(29-15-19)39-20-5-7-33(8-6-20)27-31-23(17-38-27)25(34)30-22-3-1-18(13-21(22)26(35)36)16-32-9-11-37-12-10-32/h1-4,13,15,17,20H,5-12,16H2,(H,30,34)(H,35,36). The first kappa shape index (κ1) is 26.1. The van der Waals surface area contributed by atoms with Gasteiger partial charge in [0.2, 0.25) is 5.88 Å². The lowest BCUT2D eigenvalue weighted by molar-refractivity contribution is 0.0341. The molecular weight excluding hydrogens is 504 g/mol. The number of carbonyl (C=O) groups excluding carboxylic acids is 1. The van der Waals surface area contributed by atoms with Crippen LogP contribution < -0.4 is 15.0 Å². The lowest BCUT2D eigenvalue weighted by atomic mass is 10.1. The van der Waals surface area contributed by atoms with Gasteiger partial charge < -0.3 is 29.2 Å². The molecule has 2 saturated heterocycles. The predicted octanol–water partition coefficient (Wildman–Crippen LogP) is 2.77. The molecule has 2 aliphatic rings. The number of ether oxygens (including phenoxy) is 2. The van der Waals surface area contributed by atoms with Gasteiger partial charge in [0.05, 0.1) is 30.0 Å². The molecule has 2 N–H and O–H groups in total. The fourth-order valence-electron chi connectivity index (χ4n) is 4.55. The minimum atomic E-state index is -1.13. The van der Waals surface area contributed by atoms with Crippen molar-refractivity contribution >= 4 is 23.6 Å². The molecular formula is C27H28N6O6. The van der Waals surface area contributed by atoms with Crippen LogP contribution in [0.2, 0.25) is 0 Å². The Morgan fingerprint density at radius 2 is 1.95 bits per heavy atom. The SMILES string of the molecule is N#Cc1ccc(OC2CCN(c3nc(C(=O)Nc4ccc(CN5CCOCC5)cc4C(=O)O)co3)CC2)nc1. The Hall–Kier alpha value is -4.47. The molecule has 1 aromatic carbocycles. The van der Waals surface area contributed by atoms with E-state index in [0.717, 1.165) is 18.7 Å². The topological polar surface area (TPSA) is 154 Å². The van der Waals surface area contributed by atoms with E-state index in [0.29, 0.717) is 63.1 Å². The van der Waals surface area contributed by atoms with E-state index in [1.54, 1.807) is 24.3 Å². The Morgan fingerprint density at radius 3 is 2.64 bits per heavy atom. The zero-order chi connectivity index (χ0) is 27.2. The molecule has 0 saturated carbocycles. The molecule has 12 heteroatoms. The average molecular weight is 533 g/mol. The van der Waals surface area contributed by atoms with Crippen molar-refractivity contribution in [3.8, 4) is 11.9 Å². The number of carboxylic acid groups (broad SMARTS) is 1. The van der Waals surface area contributed by atoms with Crippen molar-refractivity contribution in [3.05, 3.63) is 65.2 Å². The van der Waals surface area contributed by atoms with Crippen molar-refractivity contribution in [1.29, 1.82) is 5.26 Å². The number of carbonyl (C=O) groups is 2. The van der Waals surface area contributed by atoms with Gasteiger partial charge in [0.25, 0.3) is 11.9 Å². The summed E-state index contributed by atoms with van der Waals surface area (Å²) < 4.78 is 16.8. The maximum absolute atomic E-state index is 12.9. The van der Waals surface area contributed by atoms with E-state index in [-0.39, 0.29) is 23.0 Å². The monoisotopic (exact) mass is 532 g/mol. The molecule has 0 bridgehead atoms. The number of piperidine rings is 1. The molecule has 5 rings (SSSR count). The number of nitrogens with zero attached hydrogens (tertiary/aromatic N) is 5. The fourth-order valence-corrected chi connectivity index (χ4v) is 4.55. The first-order valence-corrected chi connectivity index (χ1v) is 12.7. The van der Waals surface area contributed by atoms with E-state index >= 15 is 0 Å². The van der Waals surface area contributed by atoms with Gasteiger partial charge in [-0.2, -0.15) is 10.2 Å². The second-order valence-corrected chi connectivity index (χ2v) is 9.34. The van der Waals surface area contributed by atoms with E-state index in [4.69, 9.17) is 19.2 Å². The molecule has 2 aromatic heterocycles. The van der Waals surface area contributed by atoms with Crippen LogP contribution >= 0.6 is 0 Å². The van der Waals surface area contributed by atoms with E-state index in [9.17, 15) is 14.7 Å². The molecule has 39 heavy (non-hydrogen) atoms. The minimum Gasteiger partial charge on any atom is -0.478 e. The molecule has 1 amide bonds. The third-order valence-electron chi connectivity index (χ3n) is 6.66. The van der Waals surface area contributed by atoms with E-state index in [1.165, 1.54) is 12.5 Å². The Kier molecular flexibility index (Phi) is 8.00. The summed E-state index contributed by atoms with van der Waals surface area (Å²) in [6, 6.07) is 10.7. The number of pyridine rings is 1. The zero-order valence-corrected chi connectivity index (χ0v) is 21.2. The molecule has 3 aromatic rings. The highest BCUT2D eigenvalue weighted by Gasteiger charge is 2.25. The van der Waals surface area contributed by atoms with Crippen LogP contribution in [0, 0.1) is 11.3 Å². The number of oxazole rings is 1. The van der Waals surface area contributed by atoms with Crippen LogP contribution in [0.4, 0.5) is 11.7 Å². The van der Waals surface area contributed by atoms with Crippen molar-refractivity contribution in [2.45, 2.75) is 25.5 Å². The fraction of sp³-hybridized carbons (Fsp3) is 0.370. The normalized spacial score (nSPS) is 16.4. The third kappa shape index (κ3) is 6.51. The largest absolute Gasteiger partial charge is 0.478 e. The number of rotatable bonds is 8. The van der Waals surface area contributed by atoms with Gasteiger partial charge in [0.15, 0.2) is 5.69 Å². The van der Waals surface area contributed by atoms with Gasteiger partial charge in [-0.15, -0.1) is 0 Å². The predicted molar refractivity (Wildman–Crippen MR) is 139 cm³/mol. The summed E-state index contributed by atoms with van der Waals surface area (Å²) >= 11 is 0. The van der Waals surface area contributed by atoms with Crippen molar-refractivity contribution in [2.75, 3.05) is 49.6 Å². The number of anilines is 2. The Bertz CT molecular complexity index is 1350. The lowest BCUT2D eigenvalue weighted by Crippen LogP contribution is -2.38. The highest BCUT2D eigenvalue weighted by molar-refractivity contribution is 6.06. The number of nitriles is 1. The molecule has 4 heterocycles. The van der Waals surface area contributed by atoms with Crippen LogP contribution in [0.25, 0.3) is 0 Å². The lowest BCUT2D eigenvalue weighted by Gasteiger charge is -2.30. The van der Waals surface area contributed by atoms with Crippen LogP contribution in [0.3, 0.4) is 0 Å². The summed E-state index contributed by atoms with van der Waals surface area (Å²) in [5.41, 5.74) is 1.58. The smallest absolute Gasteiger partial charge is 0.337 e. The van der Waals surface area contributed by atoms with Gasteiger partial charge in [-0.05, 0) is 23.8 Å². The molecule has 0 spiro atoms. The number of amides is 1. The van der Waals surface area contributed by atoms with E-state index in [1.807, 2.05) is 17.0 Å². The molecule has 0 atom stereocenters. The summed E-state index contributed by atoms with van der Waals surface area (Å²) in [5.74, 6) is -1.22. The first-order valence-electron chi connectivity index (χ1n) is 12.7. The van der Waals surface area contributed by atoms with Gasteiger partial charge in [0.1, 0.15) is 18.4 Å². The number of nitrogens with one attached hydrogen (secondary N) is 1. The highest BCUT2D eigenvalue weighted by Crippen LogP contribution is 2.24. The second kappa shape index (κ2) is 11.9. The number of aromatic carboxylic acids is 1.